The fourth-order valence-corrected chi connectivity index (χ4v) is 3.37. The van der Waals surface area contributed by atoms with Crippen molar-refractivity contribution in [3.8, 4) is 0 Å². The first-order valence-electron chi connectivity index (χ1n) is 9.70. The van der Waals surface area contributed by atoms with Gasteiger partial charge in [0, 0.05) is 11.4 Å². The van der Waals surface area contributed by atoms with Gasteiger partial charge >= 0.3 is 12.1 Å². The van der Waals surface area contributed by atoms with E-state index in [1.807, 2.05) is 41.7 Å². The molecular formula is C25H17F3N2O2. The van der Waals surface area contributed by atoms with Gasteiger partial charge in [-0.15, -0.1) is 0 Å². The van der Waals surface area contributed by atoms with E-state index in [4.69, 9.17) is 0 Å². The van der Waals surface area contributed by atoms with Gasteiger partial charge in [0.1, 0.15) is 0 Å². The molecule has 0 aromatic heterocycles. The van der Waals surface area contributed by atoms with Gasteiger partial charge in [-0.25, -0.2) is 0 Å². The lowest BCUT2D eigenvalue weighted by Gasteiger charge is -2.25. The largest absolute Gasteiger partial charge is 0.471 e. The van der Waals surface area contributed by atoms with Crippen LogP contribution in [0.1, 0.15) is 10.4 Å². The standard InChI is InChI=1S/C25H17F3N2O2/c26-25(27,28)24(32)29-22-13-7-6-12-21(22)23(31)30(19-10-2-1-3-11-19)20-15-14-17-8-4-5-9-18(17)16-20/h1-16H,(H,29,32). The molecule has 32 heavy (non-hydrogen) atoms. The highest BCUT2D eigenvalue weighted by molar-refractivity contribution is 6.15. The van der Waals surface area contributed by atoms with Crippen molar-refractivity contribution >= 4 is 39.6 Å². The average molecular weight is 434 g/mol. The van der Waals surface area contributed by atoms with Crippen LogP contribution in [0.3, 0.4) is 0 Å². The first kappa shape index (κ1) is 21.1. The maximum absolute atomic E-state index is 13.6. The minimum atomic E-state index is -5.08. The quantitative estimate of drug-likeness (QED) is 0.409. The first-order valence-corrected chi connectivity index (χ1v) is 9.70. The van der Waals surface area contributed by atoms with Gasteiger partial charge in [-0.2, -0.15) is 13.2 Å². The third-order valence-electron chi connectivity index (χ3n) is 4.87. The Kier molecular flexibility index (Phi) is 5.64. The lowest BCUT2D eigenvalue weighted by atomic mass is 10.1. The van der Waals surface area contributed by atoms with Crippen LogP contribution in [0, 0.1) is 0 Å². The molecule has 160 valence electrons. The predicted molar refractivity (Wildman–Crippen MR) is 118 cm³/mol. The van der Waals surface area contributed by atoms with Crippen molar-refractivity contribution in [2.75, 3.05) is 10.2 Å². The normalized spacial score (nSPS) is 11.2. The molecule has 0 spiro atoms. The number of anilines is 3. The molecule has 0 saturated carbocycles. The van der Waals surface area contributed by atoms with Gasteiger partial charge in [0.05, 0.1) is 11.3 Å². The summed E-state index contributed by atoms with van der Waals surface area (Å²) in [6.07, 6.45) is -5.08. The fourth-order valence-electron chi connectivity index (χ4n) is 3.37. The molecule has 0 unspecified atom stereocenters. The van der Waals surface area contributed by atoms with Crippen molar-refractivity contribution < 1.29 is 22.8 Å². The molecule has 1 N–H and O–H groups in total. The summed E-state index contributed by atoms with van der Waals surface area (Å²) < 4.78 is 38.4. The summed E-state index contributed by atoms with van der Waals surface area (Å²) >= 11 is 0. The third-order valence-corrected chi connectivity index (χ3v) is 4.87. The van der Waals surface area contributed by atoms with Crippen LogP contribution in [0.4, 0.5) is 30.2 Å². The van der Waals surface area contributed by atoms with Crippen molar-refractivity contribution in [2.45, 2.75) is 6.18 Å². The van der Waals surface area contributed by atoms with E-state index in [-0.39, 0.29) is 11.3 Å². The number of hydrogen-bond acceptors (Lipinski definition) is 2. The predicted octanol–water partition coefficient (Wildman–Crippen LogP) is 6.32. The van der Waals surface area contributed by atoms with Gasteiger partial charge in [-0.05, 0) is 47.2 Å². The second kappa shape index (κ2) is 8.55. The number of para-hydroxylation sites is 2. The number of carbonyl (C=O) groups is 2. The number of benzene rings is 4. The lowest BCUT2D eigenvalue weighted by molar-refractivity contribution is -0.167. The van der Waals surface area contributed by atoms with E-state index in [0.717, 1.165) is 10.8 Å². The van der Waals surface area contributed by atoms with E-state index in [1.165, 1.54) is 29.2 Å². The van der Waals surface area contributed by atoms with Crippen molar-refractivity contribution in [1.29, 1.82) is 0 Å². The number of fused-ring (bicyclic) bond motifs is 1. The van der Waals surface area contributed by atoms with Crippen LogP contribution in [0.2, 0.25) is 0 Å². The van der Waals surface area contributed by atoms with Gasteiger partial charge < -0.3 is 5.32 Å². The van der Waals surface area contributed by atoms with Crippen molar-refractivity contribution in [3.63, 3.8) is 0 Å². The summed E-state index contributed by atoms with van der Waals surface area (Å²) in [5.74, 6) is -2.72. The third kappa shape index (κ3) is 4.32. The van der Waals surface area contributed by atoms with Crippen LogP contribution in [-0.2, 0) is 4.79 Å². The molecule has 7 heteroatoms. The molecule has 4 aromatic rings. The summed E-state index contributed by atoms with van der Waals surface area (Å²) in [7, 11) is 0. The SMILES string of the molecule is O=C(c1ccccc1NC(=O)C(F)(F)F)N(c1ccccc1)c1ccc2ccccc2c1. The van der Waals surface area contributed by atoms with Gasteiger partial charge in [0.25, 0.3) is 5.91 Å². The smallest absolute Gasteiger partial charge is 0.317 e. The minimum absolute atomic E-state index is 0.0675. The van der Waals surface area contributed by atoms with Gasteiger partial charge in [-0.3, -0.25) is 14.5 Å². The van der Waals surface area contributed by atoms with E-state index < -0.39 is 18.0 Å². The van der Waals surface area contributed by atoms with E-state index in [0.29, 0.717) is 11.4 Å². The molecule has 0 radical (unpaired) electrons. The minimum Gasteiger partial charge on any atom is -0.317 e. The van der Waals surface area contributed by atoms with E-state index in [1.54, 1.807) is 36.4 Å². The second-order valence-corrected chi connectivity index (χ2v) is 7.01. The first-order chi connectivity index (χ1) is 15.3. The molecule has 4 aromatic carbocycles. The van der Waals surface area contributed by atoms with E-state index in [9.17, 15) is 22.8 Å². The van der Waals surface area contributed by atoms with Crippen LogP contribution >= 0.6 is 0 Å². The van der Waals surface area contributed by atoms with Crippen molar-refractivity contribution in [1.82, 2.24) is 0 Å². The van der Waals surface area contributed by atoms with Crippen LogP contribution in [0.5, 0.6) is 0 Å². The molecule has 0 saturated heterocycles. The summed E-state index contributed by atoms with van der Waals surface area (Å²) in [5, 5.41) is 3.69. The summed E-state index contributed by atoms with van der Waals surface area (Å²) in [4.78, 5) is 26.5. The molecule has 0 bridgehead atoms. The Morgan fingerprint density at radius 1 is 0.688 bits per heavy atom. The monoisotopic (exact) mass is 434 g/mol. The average Bonchev–Trinajstić information content (AvgIpc) is 2.79. The number of rotatable bonds is 4. The highest BCUT2D eigenvalue weighted by Crippen LogP contribution is 2.32. The molecular weight excluding hydrogens is 417 g/mol. The fraction of sp³-hybridized carbons (Fsp3) is 0.0400. The van der Waals surface area contributed by atoms with E-state index >= 15 is 0 Å². The summed E-state index contributed by atoms with van der Waals surface area (Å²) in [5.41, 5.74) is 0.783. The Hall–Kier alpha value is -4.13. The molecule has 0 aliphatic carbocycles. The molecule has 4 nitrogen and oxygen atoms in total. The Morgan fingerprint density at radius 3 is 2.03 bits per heavy atom. The maximum Gasteiger partial charge on any atom is 0.471 e. The zero-order valence-corrected chi connectivity index (χ0v) is 16.6. The van der Waals surface area contributed by atoms with Crippen LogP contribution in [-0.4, -0.2) is 18.0 Å². The van der Waals surface area contributed by atoms with Crippen LogP contribution < -0.4 is 10.2 Å². The Bertz CT molecular complexity index is 1290. The Balaban J connectivity index is 1.81. The number of halogens is 3. The molecule has 0 aliphatic heterocycles. The second-order valence-electron chi connectivity index (χ2n) is 7.01. The van der Waals surface area contributed by atoms with Crippen molar-refractivity contribution in [3.05, 3.63) is 103 Å². The zero-order valence-electron chi connectivity index (χ0n) is 16.6. The maximum atomic E-state index is 13.6. The Labute approximate surface area is 181 Å². The lowest BCUT2D eigenvalue weighted by Crippen LogP contribution is -2.32. The molecule has 0 aliphatic rings. The van der Waals surface area contributed by atoms with Crippen molar-refractivity contribution in [2.24, 2.45) is 0 Å². The van der Waals surface area contributed by atoms with Crippen LogP contribution in [0.15, 0.2) is 97.1 Å². The molecule has 0 atom stereocenters. The zero-order chi connectivity index (χ0) is 22.7. The van der Waals surface area contributed by atoms with Gasteiger partial charge in [0.2, 0.25) is 0 Å². The van der Waals surface area contributed by atoms with Gasteiger partial charge in [0.15, 0.2) is 0 Å². The number of hydrogen-bond donors (Lipinski definition) is 1. The molecule has 0 heterocycles. The van der Waals surface area contributed by atoms with E-state index in [2.05, 4.69) is 0 Å². The van der Waals surface area contributed by atoms with Crippen LogP contribution in [0.25, 0.3) is 10.8 Å². The summed E-state index contributed by atoms with van der Waals surface area (Å²) in [6, 6.07) is 27.5. The van der Waals surface area contributed by atoms with Gasteiger partial charge in [-0.1, -0.05) is 60.7 Å². The number of nitrogens with zero attached hydrogens (tertiary/aromatic N) is 1. The highest BCUT2D eigenvalue weighted by Gasteiger charge is 2.39. The number of amides is 2. The number of alkyl halides is 3. The topological polar surface area (TPSA) is 49.4 Å². The number of carbonyl (C=O) groups excluding carboxylic acids is 2. The molecule has 4 rings (SSSR count). The molecule has 2 amide bonds. The Morgan fingerprint density at radius 2 is 1.31 bits per heavy atom. The summed E-state index contributed by atoms with van der Waals surface area (Å²) in [6.45, 7) is 0. The number of nitrogens with one attached hydrogen (secondary N) is 1. The molecule has 0 fully saturated rings. The highest BCUT2D eigenvalue weighted by atomic mass is 19.4.